The fourth-order valence-electron chi connectivity index (χ4n) is 2.07. The zero-order chi connectivity index (χ0) is 14.2. The molecule has 1 fully saturated rings. The van der Waals surface area contributed by atoms with E-state index in [1.54, 1.807) is 6.92 Å². The van der Waals surface area contributed by atoms with Gasteiger partial charge in [-0.25, -0.2) is 0 Å². The monoisotopic (exact) mass is 266 g/mol. The highest BCUT2D eigenvalue weighted by Gasteiger charge is 2.40. The Morgan fingerprint density at radius 3 is 2.63 bits per heavy atom. The first-order valence-corrected chi connectivity index (χ1v) is 5.68. The molecule has 7 nitrogen and oxygen atoms in total. The molecule has 1 aliphatic rings. The van der Waals surface area contributed by atoms with Crippen LogP contribution in [0.15, 0.2) is 18.2 Å². The Balaban J connectivity index is 2.24. The summed E-state index contributed by atoms with van der Waals surface area (Å²) >= 11 is 0. The second-order valence-electron chi connectivity index (χ2n) is 4.80. The fraction of sp³-hybridized carbons (Fsp3) is 0.417. The number of hydrogen-bond donors (Lipinski definition) is 1. The number of likely N-dealkylation sites (tertiary alicyclic amines) is 1. The van der Waals surface area contributed by atoms with E-state index in [0.717, 1.165) is 0 Å². The van der Waals surface area contributed by atoms with E-state index < -0.39 is 10.5 Å². The molecule has 0 bridgehead atoms. The van der Waals surface area contributed by atoms with Crippen molar-refractivity contribution in [3.05, 3.63) is 33.9 Å². The van der Waals surface area contributed by atoms with Crippen LogP contribution in [0.4, 0.5) is 5.69 Å². The number of carbonyl (C=O) groups is 1. The summed E-state index contributed by atoms with van der Waals surface area (Å²) in [5, 5.41) is 20.5. The van der Waals surface area contributed by atoms with Gasteiger partial charge in [-0.2, -0.15) is 0 Å². The number of methoxy groups -OCH3 is 1. The molecule has 2 rings (SSSR count). The molecule has 19 heavy (non-hydrogen) atoms. The first-order valence-electron chi connectivity index (χ1n) is 5.68. The summed E-state index contributed by atoms with van der Waals surface area (Å²) in [7, 11) is 1.33. The van der Waals surface area contributed by atoms with Crippen molar-refractivity contribution >= 4 is 11.6 Å². The molecule has 1 N–H and O–H groups in total. The van der Waals surface area contributed by atoms with E-state index in [0.29, 0.717) is 0 Å². The van der Waals surface area contributed by atoms with Gasteiger partial charge in [-0.1, -0.05) is 0 Å². The van der Waals surface area contributed by atoms with E-state index in [4.69, 9.17) is 4.74 Å². The summed E-state index contributed by atoms with van der Waals surface area (Å²) in [5.74, 6) is -0.227. The molecule has 1 aromatic rings. The molecule has 0 unspecified atom stereocenters. The number of nitro groups is 1. The van der Waals surface area contributed by atoms with Crippen LogP contribution in [0.5, 0.6) is 5.75 Å². The second-order valence-corrected chi connectivity index (χ2v) is 4.80. The van der Waals surface area contributed by atoms with Gasteiger partial charge in [-0.3, -0.25) is 14.9 Å². The van der Waals surface area contributed by atoms with Gasteiger partial charge in [0.2, 0.25) is 0 Å². The van der Waals surface area contributed by atoms with Crippen LogP contribution in [0.1, 0.15) is 17.3 Å². The Hall–Kier alpha value is -2.15. The van der Waals surface area contributed by atoms with Gasteiger partial charge in [0.25, 0.3) is 5.91 Å². The van der Waals surface area contributed by atoms with Crippen LogP contribution in [0.25, 0.3) is 0 Å². The molecule has 0 radical (unpaired) electrons. The van der Waals surface area contributed by atoms with Crippen molar-refractivity contribution in [1.82, 2.24) is 4.90 Å². The zero-order valence-electron chi connectivity index (χ0n) is 10.6. The van der Waals surface area contributed by atoms with Crippen LogP contribution in [0.3, 0.4) is 0 Å². The van der Waals surface area contributed by atoms with E-state index >= 15 is 0 Å². The normalized spacial score (nSPS) is 16.7. The summed E-state index contributed by atoms with van der Waals surface area (Å²) in [4.78, 5) is 23.8. The number of ether oxygens (including phenoxy) is 1. The predicted octanol–water partition coefficient (Wildman–Crippen LogP) is 0.810. The number of carbonyl (C=O) groups excluding carboxylic acids is 1. The minimum Gasteiger partial charge on any atom is -0.490 e. The van der Waals surface area contributed by atoms with Crippen molar-refractivity contribution in [2.45, 2.75) is 12.5 Å². The number of rotatable bonds is 3. The molecule has 1 amide bonds. The van der Waals surface area contributed by atoms with Crippen molar-refractivity contribution < 1.29 is 19.6 Å². The third-order valence-corrected chi connectivity index (χ3v) is 2.97. The SMILES string of the molecule is COc1ccc(C(=O)N2CC(C)(O)C2)cc1[N+](=O)[O-]. The van der Waals surface area contributed by atoms with Gasteiger partial charge < -0.3 is 14.7 Å². The van der Waals surface area contributed by atoms with Gasteiger partial charge in [-0.05, 0) is 19.1 Å². The van der Waals surface area contributed by atoms with Crippen LogP contribution in [0.2, 0.25) is 0 Å². The molecule has 0 aromatic heterocycles. The Morgan fingerprint density at radius 1 is 1.53 bits per heavy atom. The lowest BCUT2D eigenvalue weighted by molar-refractivity contribution is -0.385. The maximum Gasteiger partial charge on any atom is 0.311 e. The third-order valence-electron chi connectivity index (χ3n) is 2.97. The Kier molecular flexibility index (Phi) is 3.15. The lowest BCUT2D eigenvalue weighted by Gasteiger charge is -2.44. The summed E-state index contributed by atoms with van der Waals surface area (Å²) in [5.41, 5.74) is -0.905. The molecule has 1 aromatic carbocycles. The highest BCUT2D eigenvalue weighted by molar-refractivity contribution is 5.95. The second kappa shape index (κ2) is 4.51. The quantitative estimate of drug-likeness (QED) is 0.645. The number of amides is 1. The van der Waals surface area contributed by atoms with Crippen LogP contribution in [-0.2, 0) is 0 Å². The lowest BCUT2D eigenvalue weighted by atomic mass is 9.96. The molecular formula is C12H14N2O5. The number of benzene rings is 1. The standard InChI is InChI=1S/C12H14N2O5/c1-12(16)6-13(7-12)11(15)8-3-4-10(19-2)9(5-8)14(17)18/h3-5,16H,6-7H2,1-2H3. The first kappa shape index (κ1) is 13.3. The molecular weight excluding hydrogens is 252 g/mol. The fourth-order valence-corrected chi connectivity index (χ4v) is 2.07. The Morgan fingerprint density at radius 2 is 2.16 bits per heavy atom. The van der Waals surface area contributed by atoms with Crippen LogP contribution in [-0.4, -0.2) is 46.6 Å². The molecule has 1 heterocycles. The molecule has 7 heteroatoms. The number of β-amino-alcohol motifs (C(OH)–C–C–N with tert-alkyl or cyclic N) is 1. The zero-order valence-corrected chi connectivity index (χ0v) is 10.6. The summed E-state index contributed by atoms with van der Waals surface area (Å²) in [6.07, 6.45) is 0. The number of nitrogens with zero attached hydrogens (tertiary/aromatic N) is 2. The predicted molar refractivity (Wildman–Crippen MR) is 66.2 cm³/mol. The van der Waals surface area contributed by atoms with E-state index in [9.17, 15) is 20.0 Å². The molecule has 102 valence electrons. The maximum absolute atomic E-state index is 12.0. The number of aliphatic hydroxyl groups is 1. The van der Waals surface area contributed by atoms with Crippen molar-refractivity contribution in [3.8, 4) is 5.75 Å². The van der Waals surface area contributed by atoms with Crippen molar-refractivity contribution in [3.63, 3.8) is 0 Å². The van der Waals surface area contributed by atoms with Gasteiger partial charge in [0.1, 0.15) is 0 Å². The van der Waals surface area contributed by atoms with Crippen molar-refractivity contribution in [2.75, 3.05) is 20.2 Å². The minimum absolute atomic E-state index is 0.108. The topological polar surface area (TPSA) is 92.9 Å². The summed E-state index contributed by atoms with van der Waals surface area (Å²) in [6, 6.07) is 4.05. The number of nitro benzene ring substituents is 1. The highest BCUT2D eigenvalue weighted by atomic mass is 16.6. The largest absolute Gasteiger partial charge is 0.490 e. The van der Waals surface area contributed by atoms with Gasteiger partial charge in [0.15, 0.2) is 5.75 Å². The first-order chi connectivity index (χ1) is 8.84. The lowest BCUT2D eigenvalue weighted by Crippen LogP contribution is -2.61. The molecule has 1 aliphatic heterocycles. The van der Waals surface area contributed by atoms with Crippen LogP contribution >= 0.6 is 0 Å². The van der Waals surface area contributed by atoms with Gasteiger partial charge in [0, 0.05) is 11.6 Å². The molecule has 0 atom stereocenters. The van der Waals surface area contributed by atoms with Crippen molar-refractivity contribution in [1.29, 1.82) is 0 Å². The highest BCUT2D eigenvalue weighted by Crippen LogP contribution is 2.29. The van der Waals surface area contributed by atoms with E-state index in [2.05, 4.69) is 0 Å². The van der Waals surface area contributed by atoms with E-state index in [1.807, 2.05) is 0 Å². The minimum atomic E-state index is -0.867. The third kappa shape index (κ3) is 2.50. The average Bonchev–Trinajstić information content (AvgIpc) is 2.34. The van der Waals surface area contributed by atoms with Gasteiger partial charge >= 0.3 is 5.69 Å². The van der Waals surface area contributed by atoms with Crippen LogP contribution < -0.4 is 4.74 Å². The van der Waals surface area contributed by atoms with Gasteiger partial charge in [-0.15, -0.1) is 0 Å². The molecule has 1 saturated heterocycles. The number of hydrogen-bond acceptors (Lipinski definition) is 5. The summed E-state index contributed by atoms with van der Waals surface area (Å²) in [6.45, 7) is 2.09. The van der Waals surface area contributed by atoms with E-state index in [-0.39, 0.29) is 36.0 Å². The molecule has 0 spiro atoms. The van der Waals surface area contributed by atoms with Crippen LogP contribution in [0, 0.1) is 10.1 Å². The Bertz CT molecular complexity index is 533. The maximum atomic E-state index is 12.0. The molecule has 0 aliphatic carbocycles. The van der Waals surface area contributed by atoms with Gasteiger partial charge in [0.05, 0.1) is 30.7 Å². The summed E-state index contributed by atoms with van der Waals surface area (Å²) < 4.78 is 4.87. The smallest absolute Gasteiger partial charge is 0.311 e. The molecule has 0 saturated carbocycles. The average molecular weight is 266 g/mol. The Labute approximate surface area is 109 Å². The van der Waals surface area contributed by atoms with E-state index in [1.165, 1.54) is 30.2 Å². The van der Waals surface area contributed by atoms with Crippen molar-refractivity contribution in [2.24, 2.45) is 0 Å².